The van der Waals surface area contributed by atoms with Crippen LogP contribution in [0.1, 0.15) is 24.8 Å². The molecule has 0 heterocycles. The number of hydrogen-bond donors (Lipinski definition) is 1. The highest BCUT2D eigenvalue weighted by Crippen LogP contribution is 2.36. The second-order valence-electron chi connectivity index (χ2n) is 4.30. The summed E-state index contributed by atoms with van der Waals surface area (Å²) in [4.78, 5) is 0. The van der Waals surface area contributed by atoms with Crippen LogP contribution in [0, 0.1) is 0 Å². The highest BCUT2D eigenvalue weighted by Gasteiger charge is 2.33. The maximum absolute atomic E-state index is 12.7. The van der Waals surface area contributed by atoms with E-state index in [1.165, 1.54) is 6.07 Å². The molecule has 5 heteroatoms. The molecule has 98 valence electrons. The van der Waals surface area contributed by atoms with Crippen LogP contribution in [-0.4, -0.2) is 6.04 Å². The Morgan fingerprint density at radius 1 is 1.28 bits per heavy atom. The van der Waals surface area contributed by atoms with E-state index in [0.29, 0.717) is 5.69 Å². The summed E-state index contributed by atoms with van der Waals surface area (Å²) in [5.41, 5.74) is -0.144. The van der Waals surface area contributed by atoms with E-state index in [1.807, 2.05) is 6.08 Å². The molecule has 0 aliphatic heterocycles. The van der Waals surface area contributed by atoms with Gasteiger partial charge >= 0.3 is 6.18 Å². The number of benzene rings is 1. The van der Waals surface area contributed by atoms with Gasteiger partial charge in [0.15, 0.2) is 0 Å². The largest absolute Gasteiger partial charge is 0.417 e. The van der Waals surface area contributed by atoms with E-state index in [9.17, 15) is 13.2 Å². The molecule has 1 unspecified atom stereocenters. The zero-order valence-electron chi connectivity index (χ0n) is 9.60. The van der Waals surface area contributed by atoms with Gasteiger partial charge in [0.25, 0.3) is 0 Å². The lowest BCUT2D eigenvalue weighted by molar-refractivity contribution is -0.138. The van der Waals surface area contributed by atoms with E-state index in [2.05, 4.69) is 27.3 Å². The molecule has 2 rings (SSSR count). The summed E-state index contributed by atoms with van der Waals surface area (Å²) in [6.07, 6.45) is 2.81. The summed E-state index contributed by atoms with van der Waals surface area (Å²) in [5, 5.41) is 3.11. The van der Waals surface area contributed by atoms with Gasteiger partial charge in [-0.1, -0.05) is 28.1 Å². The van der Waals surface area contributed by atoms with Crippen LogP contribution in [0.15, 0.2) is 34.8 Å². The third-order valence-electron chi connectivity index (χ3n) is 2.88. The van der Waals surface area contributed by atoms with Crippen LogP contribution in [-0.2, 0) is 6.18 Å². The molecule has 1 N–H and O–H groups in total. The first-order valence-corrected chi connectivity index (χ1v) is 6.56. The Morgan fingerprint density at radius 3 is 2.67 bits per heavy atom. The molecule has 1 aromatic rings. The van der Waals surface area contributed by atoms with Crippen molar-refractivity contribution in [3.05, 3.63) is 40.4 Å². The average molecular weight is 320 g/mol. The number of hydrogen-bond acceptors (Lipinski definition) is 1. The van der Waals surface area contributed by atoms with E-state index in [0.717, 1.165) is 25.3 Å². The molecular formula is C13H13BrF3N. The lowest BCUT2D eigenvalue weighted by Gasteiger charge is -2.20. The maximum atomic E-state index is 12.7. The second-order valence-corrected chi connectivity index (χ2v) is 5.16. The first-order valence-electron chi connectivity index (χ1n) is 5.77. The number of nitrogens with one attached hydrogen (secondary N) is 1. The average Bonchev–Trinajstić information content (AvgIpc) is 2.31. The summed E-state index contributed by atoms with van der Waals surface area (Å²) in [7, 11) is 0. The van der Waals surface area contributed by atoms with E-state index in [-0.39, 0.29) is 10.5 Å². The highest BCUT2D eigenvalue weighted by molar-refractivity contribution is 9.10. The standard InChI is InChI=1S/C13H13BrF3N/c14-12-7-6-10(8-11(12)13(15,16)17)18-9-4-2-1-3-5-9/h2,4,6-9,18H,1,3,5H2. The zero-order chi connectivity index (χ0) is 13.2. The van der Waals surface area contributed by atoms with Gasteiger partial charge in [0.2, 0.25) is 0 Å². The third kappa shape index (κ3) is 3.28. The SMILES string of the molecule is FC(F)(F)c1cc(NC2C=CCCC2)ccc1Br. The van der Waals surface area contributed by atoms with Crippen molar-refractivity contribution >= 4 is 21.6 Å². The fourth-order valence-corrected chi connectivity index (χ4v) is 2.45. The van der Waals surface area contributed by atoms with Crippen LogP contribution in [0.3, 0.4) is 0 Å². The molecule has 1 aliphatic carbocycles. The van der Waals surface area contributed by atoms with Crippen LogP contribution < -0.4 is 5.32 Å². The number of rotatable bonds is 2. The highest BCUT2D eigenvalue weighted by atomic mass is 79.9. The molecule has 0 fully saturated rings. The molecule has 0 saturated carbocycles. The van der Waals surface area contributed by atoms with Gasteiger partial charge in [0, 0.05) is 16.2 Å². The summed E-state index contributed by atoms with van der Waals surface area (Å²) in [5.74, 6) is 0. The van der Waals surface area contributed by atoms with Crippen LogP contribution >= 0.6 is 15.9 Å². The third-order valence-corrected chi connectivity index (χ3v) is 3.57. The number of alkyl halides is 3. The lowest BCUT2D eigenvalue weighted by Crippen LogP contribution is -2.19. The minimum atomic E-state index is -4.33. The Hall–Kier alpha value is -0.970. The fourth-order valence-electron chi connectivity index (χ4n) is 1.98. The molecule has 0 saturated heterocycles. The topological polar surface area (TPSA) is 12.0 Å². The molecule has 18 heavy (non-hydrogen) atoms. The van der Waals surface area contributed by atoms with Gasteiger partial charge in [0.05, 0.1) is 5.56 Å². The van der Waals surface area contributed by atoms with Crippen molar-refractivity contribution in [3.8, 4) is 0 Å². The predicted molar refractivity (Wildman–Crippen MR) is 69.5 cm³/mol. The Labute approximate surface area is 112 Å². The summed E-state index contributed by atoms with van der Waals surface area (Å²) >= 11 is 2.93. The predicted octanol–water partition coefficient (Wildman–Crippen LogP) is 4.99. The Morgan fingerprint density at radius 2 is 2.06 bits per heavy atom. The van der Waals surface area contributed by atoms with Crippen molar-refractivity contribution in [2.75, 3.05) is 5.32 Å². The molecule has 1 atom stereocenters. The minimum Gasteiger partial charge on any atom is -0.379 e. The van der Waals surface area contributed by atoms with E-state index >= 15 is 0 Å². The van der Waals surface area contributed by atoms with Crippen LogP contribution in [0.5, 0.6) is 0 Å². The molecule has 0 spiro atoms. The molecule has 0 bridgehead atoms. The molecule has 1 nitrogen and oxygen atoms in total. The summed E-state index contributed by atoms with van der Waals surface area (Å²) in [6.45, 7) is 0. The van der Waals surface area contributed by atoms with Crippen LogP contribution in [0.25, 0.3) is 0 Å². The summed E-state index contributed by atoms with van der Waals surface area (Å²) < 4.78 is 38.3. The van der Waals surface area contributed by atoms with E-state index in [1.54, 1.807) is 6.07 Å². The van der Waals surface area contributed by atoms with E-state index in [4.69, 9.17) is 0 Å². The normalized spacial score (nSPS) is 19.9. The Balaban J connectivity index is 2.19. The van der Waals surface area contributed by atoms with Crippen molar-refractivity contribution in [2.45, 2.75) is 31.5 Å². The van der Waals surface area contributed by atoms with E-state index < -0.39 is 11.7 Å². The lowest BCUT2D eigenvalue weighted by atomic mass is 10.0. The zero-order valence-corrected chi connectivity index (χ0v) is 11.2. The molecule has 0 aromatic heterocycles. The first kappa shape index (κ1) is 13.5. The quantitative estimate of drug-likeness (QED) is 0.757. The molecule has 1 aromatic carbocycles. The Bertz CT molecular complexity index is 454. The van der Waals surface area contributed by atoms with Gasteiger partial charge in [-0.25, -0.2) is 0 Å². The van der Waals surface area contributed by atoms with Crippen molar-refractivity contribution in [2.24, 2.45) is 0 Å². The smallest absolute Gasteiger partial charge is 0.379 e. The summed E-state index contributed by atoms with van der Waals surface area (Å²) in [6, 6.07) is 4.35. The van der Waals surface area contributed by atoms with Gasteiger partial charge in [-0.3, -0.25) is 0 Å². The minimum absolute atomic E-state index is 0.0692. The molecule has 0 amide bonds. The Kier molecular flexibility index (Phi) is 4.00. The fraction of sp³-hybridized carbons (Fsp3) is 0.385. The molecule has 1 aliphatic rings. The number of allylic oxidation sites excluding steroid dienone is 1. The monoisotopic (exact) mass is 319 g/mol. The molecular weight excluding hydrogens is 307 g/mol. The van der Waals surface area contributed by atoms with Gasteiger partial charge < -0.3 is 5.32 Å². The maximum Gasteiger partial charge on any atom is 0.417 e. The van der Waals surface area contributed by atoms with Crippen LogP contribution in [0.4, 0.5) is 18.9 Å². The van der Waals surface area contributed by atoms with Gasteiger partial charge in [-0.2, -0.15) is 13.2 Å². The van der Waals surface area contributed by atoms with Gasteiger partial charge in [-0.15, -0.1) is 0 Å². The number of anilines is 1. The van der Waals surface area contributed by atoms with Crippen molar-refractivity contribution in [1.82, 2.24) is 0 Å². The van der Waals surface area contributed by atoms with Crippen molar-refractivity contribution in [3.63, 3.8) is 0 Å². The van der Waals surface area contributed by atoms with Gasteiger partial charge in [-0.05, 0) is 37.5 Å². The van der Waals surface area contributed by atoms with Crippen molar-refractivity contribution in [1.29, 1.82) is 0 Å². The van der Waals surface area contributed by atoms with Crippen LogP contribution in [0.2, 0.25) is 0 Å². The molecule has 0 radical (unpaired) electrons. The second kappa shape index (κ2) is 5.34. The van der Waals surface area contributed by atoms with Crippen molar-refractivity contribution < 1.29 is 13.2 Å². The number of halogens is 4. The van der Waals surface area contributed by atoms with Gasteiger partial charge in [0.1, 0.15) is 0 Å². The first-order chi connectivity index (χ1) is 8.47.